The second kappa shape index (κ2) is 8.38. The van der Waals surface area contributed by atoms with E-state index in [4.69, 9.17) is 0 Å². The highest BCUT2D eigenvalue weighted by Crippen LogP contribution is 2.25. The standard InChI is InChI=1S/C23H26FN3O/c1-15(2)11-12-25-23(28)22-14-20(18-7-5-6-8-19(18)24)26-27(22)21-10-9-16(3)13-17(21)4/h5-10,13-15H,11-12H2,1-4H3,(H,25,28). The highest BCUT2D eigenvalue weighted by Gasteiger charge is 2.20. The van der Waals surface area contributed by atoms with Crippen LogP contribution >= 0.6 is 0 Å². The maximum absolute atomic E-state index is 14.3. The molecule has 0 bridgehead atoms. The van der Waals surface area contributed by atoms with Gasteiger partial charge in [-0.25, -0.2) is 9.07 Å². The van der Waals surface area contributed by atoms with Crippen molar-refractivity contribution < 1.29 is 9.18 Å². The number of carbonyl (C=O) groups excluding carboxylic acids is 1. The monoisotopic (exact) mass is 379 g/mol. The summed E-state index contributed by atoms with van der Waals surface area (Å²) >= 11 is 0. The first-order chi connectivity index (χ1) is 13.4. The molecule has 0 aliphatic rings. The van der Waals surface area contributed by atoms with Crippen molar-refractivity contribution in [2.45, 2.75) is 34.1 Å². The highest BCUT2D eigenvalue weighted by molar-refractivity contribution is 5.94. The third kappa shape index (κ3) is 4.30. The Hall–Kier alpha value is -2.95. The SMILES string of the molecule is Cc1ccc(-n2nc(-c3ccccc3F)cc2C(=O)NCCC(C)C)c(C)c1. The molecule has 1 N–H and O–H groups in total. The van der Waals surface area contributed by atoms with Crippen molar-refractivity contribution in [1.29, 1.82) is 0 Å². The molecular formula is C23H26FN3O. The van der Waals surface area contributed by atoms with Gasteiger partial charge in [-0.15, -0.1) is 0 Å². The Balaban J connectivity index is 2.05. The molecule has 1 aromatic heterocycles. The average Bonchev–Trinajstić information content (AvgIpc) is 3.06. The summed E-state index contributed by atoms with van der Waals surface area (Å²) in [5.74, 6) is -0.0752. The van der Waals surface area contributed by atoms with E-state index in [0.29, 0.717) is 29.4 Å². The van der Waals surface area contributed by atoms with Gasteiger partial charge in [0.15, 0.2) is 0 Å². The molecule has 0 fully saturated rings. The van der Waals surface area contributed by atoms with Crippen LogP contribution in [0.4, 0.5) is 4.39 Å². The number of hydrogen-bond donors (Lipinski definition) is 1. The Morgan fingerprint density at radius 2 is 1.89 bits per heavy atom. The molecule has 0 saturated carbocycles. The van der Waals surface area contributed by atoms with Crippen LogP contribution in [0.15, 0.2) is 48.5 Å². The van der Waals surface area contributed by atoms with Gasteiger partial charge < -0.3 is 5.32 Å². The van der Waals surface area contributed by atoms with Gasteiger partial charge in [0, 0.05) is 12.1 Å². The van der Waals surface area contributed by atoms with Crippen molar-refractivity contribution in [2.75, 3.05) is 6.54 Å². The first kappa shape index (κ1) is 19.8. The second-order valence-corrected chi connectivity index (χ2v) is 7.53. The molecule has 0 unspecified atom stereocenters. The fourth-order valence-corrected chi connectivity index (χ4v) is 3.14. The number of benzene rings is 2. The number of nitrogens with one attached hydrogen (secondary N) is 1. The van der Waals surface area contributed by atoms with Gasteiger partial charge in [-0.1, -0.05) is 43.7 Å². The smallest absolute Gasteiger partial charge is 0.270 e. The largest absolute Gasteiger partial charge is 0.351 e. The van der Waals surface area contributed by atoms with Gasteiger partial charge in [-0.2, -0.15) is 5.10 Å². The van der Waals surface area contributed by atoms with Crippen molar-refractivity contribution in [2.24, 2.45) is 5.92 Å². The molecule has 0 radical (unpaired) electrons. The van der Waals surface area contributed by atoms with Crippen molar-refractivity contribution in [1.82, 2.24) is 15.1 Å². The second-order valence-electron chi connectivity index (χ2n) is 7.53. The van der Waals surface area contributed by atoms with E-state index < -0.39 is 0 Å². The average molecular weight is 379 g/mol. The minimum absolute atomic E-state index is 0.212. The molecule has 0 saturated heterocycles. The van der Waals surface area contributed by atoms with Crippen LogP contribution in [0.25, 0.3) is 16.9 Å². The lowest BCUT2D eigenvalue weighted by Gasteiger charge is -2.12. The number of amides is 1. The van der Waals surface area contributed by atoms with Crippen LogP contribution < -0.4 is 5.32 Å². The number of aromatic nitrogens is 2. The van der Waals surface area contributed by atoms with Crippen LogP contribution in [-0.4, -0.2) is 22.2 Å². The van der Waals surface area contributed by atoms with Gasteiger partial charge in [0.05, 0.1) is 11.4 Å². The maximum atomic E-state index is 14.3. The molecule has 5 heteroatoms. The molecule has 146 valence electrons. The van der Waals surface area contributed by atoms with Crippen LogP contribution in [0.1, 0.15) is 41.9 Å². The van der Waals surface area contributed by atoms with Gasteiger partial charge in [-0.3, -0.25) is 4.79 Å². The first-order valence-corrected chi connectivity index (χ1v) is 9.57. The molecule has 0 spiro atoms. The summed E-state index contributed by atoms with van der Waals surface area (Å²) in [6.45, 7) is 8.81. The molecule has 0 aliphatic heterocycles. The molecule has 3 aromatic rings. The van der Waals surface area contributed by atoms with E-state index in [-0.39, 0.29) is 11.7 Å². The summed E-state index contributed by atoms with van der Waals surface area (Å²) in [6.07, 6.45) is 0.892. The number of aryl methyl sites for hydroxylation is 2. The highest BCUT2D eigenvalue weighted by atomic mass is 19.1. The van der Waals surface area contributed by atoms with Gasteiger partial charge >= 0.3 is 0 Å². The number of hydrogen-bond acceptors (Lipinski definition) is 2. The molecule has 0 aliphatic carbocycles. The van der Waals surface area contributed by atoms with E-state index in [9.17, 15) is 9.18 Å². The zero-order valence-corrected chi connectivity index (χ0v) is 16.8. The minimum Gasteiger partial charge on any atom is -0.351 e. The van der Waals surface area contributed by atoms with Crippen LogP contribution in [0.5, 0.6) is 0 Å². The van der Waals surface area contributed by atoms with Crippen LogP contribution in [0.2, 0.25) is 0 Å². The van der Waals surface area contributed by atoms with E-state index in [2.05, 4.69) is 24.3 Å². The Labute approximate surface area is 165 Å². The zero-order chi connectivity index (χ0) is 20.3. The topological polar surface area (TPSA) is 46.9 Å². The summed E-state index contributed by atoms with van der Waals surface area (Å²) in [6, 6.07) is 14.1. The maximum Gasteiger partial charge on any atom is 0.270 e. The normalized spacial score (nSPS) is 11.1. The molecule has 3 rings (SSSR count). The number of nitrogens with zero attached hydrogens (tertiary/aromatic N) is 2. The lowest BCUT2D eigenvalue weighted by molar-refractivity contribution is 0.0944. The van der Waals surface area contributed by atoms with E-state index >= 15 is 0 Å². The lowest BCUT2D eigenvalue weighted by Crippen LogP contribution is -2.27. The van der Waals surface area contributed by atoms with E-state index in [0.717, 1.165) is 23.2 Å². The fourth-order valence-electron chi connectivity index (χ4n) is 3.14. The van der Waals surface area contributed by atoms with E-state index in [1.807, 2.05) is 32.0 Å². The number of rotatable bonds is 6. The van der Waals surface area contributed by atoms with Crippen LogP contribution in [-0.2, 0) is 0 Å². The summed E-state index contributed by atoms with van der Waals surface area (Å²) in [5, 5.41) is 7.54. The van der Waals surface area contributed by atoms with Crippen LogP contribution in [0, 0.1) is 25.6 Å². The summed E-state index contributed by atoms with van der Waals surface area (Å²) in [7, 11) is 0. The van der Waals surface area contributed by atoms with Gasteiger partial charge in [0.2, 0.25) is 0 Å². The molecule has 28 heavy (non-hydrogen) atoms. The zero-order valence-electron chi connectivity index (χ0n) is 16.8. The van der Waals surface area contributed by atoms with Crippen molar-refractivity contribution in [3.05, 3.63) is 71.2 Å². The third-order valence-electron chi connectivity index (χ3n) is 4.68. The number of halogens is 1. The molecule has 1 amide bonds. The van der Waals surface area contributed by atoms with Crippen molar-refractivity contribution in [3.63, 3.8) is 0 Å². The molecular weight excluding hydrogens is 353 g/mol. The Kier molecular flexibility index (Phi) is 5.93. The Morgan fingerprint density at radius 3 is 2.57 bits per heavy atom. The minimum atomic E-state index is -0.362. The third-order valence-corrected chi connectivity index (χ3v) is 4.68. The van der Waals surface area contributed by atoms with Gasteiger partial charge in [0.1, 0.15) is 11.5 Å². The van der Waals surface area contributed by atoms with Gasteiger partial charge in [0.25, 0.3) is 5.91 Å². The summed E-state index contributed by atoms with van der Waals surface area (Å²) in [5.41, 5.74) is 4.15. The first-order valence-electron chi connectivity index (χ1n) is 9.57. The lowest BCUT2D eigenvalue weighted by atomic mass is 10.1. The van der Waals surface area contributed by atoms with E-state index in [1.54, 1.807) is 28.9 Å². The van der Waals surface area contributed by atoms with Crippen molar-refractivity contribution >= 4 is 5.91 Å². The fraction of sp³-hybridized carbons (Fsp3) is 0.304. The predicted octanol–water partition coefficient (Wildman–Crippen LogP) is 5.07. The van der Waals surface area contributed by atoms with Gasteiger partial charge in [-0.05, 0) is 56.0 Å². The Morgan fingerprint density at radius 1 is 1.14 bits per heavy atom. The summed E-state index contributed by atoms with van der Waals surface area (Å²) < 4.78 is 15.9. The van der Waals surface area contributed by atoms with Crippen molar-refractivity contribution in [3.8, 4) is 16.9 Å². The molecule has 1 heterocycles. The van der Waals surface area contributed by atoms with Crippen LogP contribution in [0.3, 0.4) is 0 Å². The number of carbonyl (C=O) groups is 1. The Bertz CT molecular complexity index is 991. The van der Waals surface area contributed by atoms with E-state index in [1.165, 1.54) is 6.07 Å². The summed E-state index contributed by atoms with van der Waals surface area (Å²) in [4.78, 5) is 12.9. The molecule has 4 nitrogen and oxygen atoms in total. The molecule has 2 aromatic carbocycles. The predicted molar refractivity (Wildman–Crippen MR) is 110 cm³/mol. The molecule has 0 atom stereocenters. The quantitative estimate of drug-likeness (QED) is 0.650.